The molecule has 3 rings (SSSR count). The summed E-state index contributed by atoms with van der Waals surface area (Å²) in [5.41, 5.74) is 6.84. The van der Waals surface area contributed by atoms with Crippen LogP contribution in [0.1, 0.15) is 24.8 Å². The summed E-state index contributed by atoms with van der Waals surface area (Å²) in [6.45, 7) is 1.29. The van der Waals surface area contributed by atoms with Crippen molar-refractivity contribution in [3.05, 3.63) is 42.4 Å². The number of aryl methyl sites for hydroxylation is 1. The predicted molar refractivity (Wildman–Crippen MR) is 94.7 cm³/mol. The highest BCUT2D eigenvalue weighted by Crippen LogP contribution is 2.23. The summed E-state index contributed by atoms with van der Waals surface area (Å²) in [6.07, 6.45) is 8.58. The fourth-order valence-corrected chi connectivity index (χ4v) is 3.35. The molecule has 3 heterocycles. The molecule has 2 N–H and O–H groups in total. The van der Waals surface area contributed by atoms with Crippen LogP contribution in [-0.2, 0) is 22.5 Å². The number of nitrogens with zero attached hydrogens (tertiary/aromatic N) is 4. The van der Waals surface area contributed by atoms with Crippen molar-refractivity contribution in [1.82, 2.24) is 19.7 Å². The van der Waals surface area contributed by atoms with Crippen LogP contribution in [-0.4, -0.2) is 51.4 Å². The summed E-state index contributed by atoms with van der Waals surface area (Å²) in [4.78, 5) is 18.8. The number of nitrogen functional groups attached to an aromatic ring is 1. The molecule has 0 radical (unpaired) electrons. The number of rotatable bonds is 7. The van der Waals surface area contributed by atoms with Crippen LogP contribution in [0.4, 0.5) is 5.82 Å². The number of aromatic nitrogens is 3. The molecule has 0 unspecified atom stereocenters. The topological polar surface area (TPSA) is 86.3 Å². The number of pyridine rings is 1. The van der Waals surface area contributed by atoms with Crippen molar-refractivity contribution >= 4 is 11.7 Å². The van der Waals surface area contributed by atoms with E-state index in [1.165, 1.54) is 0 Å². The first kappa shape index (κ1) is 17.4. The maximum atomic E-state index is 12.7. The van der Waals surface area contributed by atoms with E-state index < -0.39 is 0 Å². The van der Waals surface area contributed by atoms with E-state index in [9.17, 15) is 4.79 Å². The number of hydrogen-bond acceptors (Lipinski definition) is 5. The molecule has 0 saturated carbocycles. The number of anilines is 1. The van der Waals surface area contributed by atoms with E-state index in [0.717, 1.165) is 24.8 Å². The minimum atomic E-state index is 0.0835. The van der Waals surface area contributed by atoms with Crippen molar-refractivity contribution in [2.24, 2.45) is 0 Å². The number of carbonyl (C=O) groups excluding carboxylic acids is 1. The van der Waals surface area contributed by atoms with Gasteiger partial charge in [0.2, 0.25) is 5.91 Å². The van der Waals surface area contributed by atoms with Gasteiger partial charge < -0.3 is 15.4 Å². The SMILES string of the molecule is CO[C@@H]1C[C@@H](Cn2ccc(N)n2)N(C(=O)CCCc2cccnc2)C1. The number of ether oxygens (including phenoxy) is 1. The van der Waals surface area contributed by atoms with Crippen molar-refractivity contribution in [3.63, 3.8) is 0 Å². The first-order valence-electron chi connectivity index (χ1n) is 8.66. The van der Waals surface area contributed by atoms with Gasteiger partial charge in [0.25, 0.3) is 0 Å². The number of carbonyl (C=O) groups is 1. The smallest absolute Gasteiger partial charge is 0.222 e. The molecule has 7 heteroatoms. The normalized spacial score (nSPS) is 20.1. The molecule has 1 aliphatic heterocycles. The lowest BCUT2D eigenvalue weighted by atomic mass is 10.1. The molecule has 134 valence electrons. The quantitative estimate of drug-likeness (QED) is 0.823. The van der Waals surface area contributed by atoms with Gasteiger partial charge in [-0.3, -0.25) is 14.5 Å². The molecule has 2 aromatic heterocycles. The Morgan fingerprint density at radius 1 is 1.44 bits per heavy atom. The minimum absolute atomic E-state index is 0.0835. The third-order valence-corrected chi connectivity index (χ3v) is 4.67. The summed E-state index contributed by atoms with van der Waals surface area (Å²) in [7, 11) is 1.70. The summed E-state index contributed by atoms with van der Waals surface area (Å²) in [6, 6.07) is 5.82. The Morgan fingerprint density at radius 2 is 2.32 bits per heavy atom. The van der Waals surface area contributed by atoms with Crippen LogP contribution in [0.15, 0.2) is 36.8 Å². The summed E-state index contributed by atoms with van der Waals surface area (Å²) in [5, 5.41) is 4.23. The largest absolute Gasteiger partial charge is 0.382 e. The van der Waals surface area contributed by atoms with Crippen LogP contribution in [0.3, 0.4) is 0 Å². The van der Waals surface area contributed by atoms with Crippen LogP contribution in [0, 0.1) is 0 Å². The highest BCUT2D eigenvalue weighted by Gasteiger charge is 2.35. The van der Waals surface area contributed by atoms with Crippen LogP contribution in [0.2, 0.25) is 0 Å². The van der Waals surface area contributed by atoms with Crippen LogP contribution < -0.4 is 5.73 Å². The van der Waals surface area contributed by atoms with E-state index in [0.29, 0.717) is 25.3 Å². The molecular weight excluding hydrogens is 318 g/mol. The van der Waals surface area contributed by atoms with Crippen LogP contribution >= 0.6 is 0 Å². The van der Waals surface area contributed by atoms with Crippen molar-refractivity contribution in [2.45, 2.75) is 44.4 Å². The Labute approximate surface area is 147 Å². The summed E-state index contributed by atoms with van der Waals surface area (Å²) >= 11 is 0. The Bertz CT molecular complexity index is 688. The average molecular weight is 343 g/mol. The lowest BCUT2D eigenvalue weighted by Gasteiger charge is -2.24. The van der Waals surface area contributed by atoms with Gasteiger partial charge in [-0.15, -0.1) is 0 Å². The zero-order chi connectivity index (χ0) is 17.6. The van der Waals surface area contributed by atoms with Gasteiger partial charge in [0, 0.05) is 38.7 Å². The van der Waals surface area contributed by atoms with Crippen molar-refractivity contribution in [2.75, 3.05) is 19.4 Å². The summed E-state index contributed by atoms with van der Waals surface area (Å²) in [5.74, 6) is 0.671. The molecule has 25 heavy (non-hydrogen) atoms. The fraction of sp³-hybridized carbons (Fsp3) is 0.500. The number of nitrogens with two attached hydrogens (primary N) is 1. The zero-order valence-corrected chi connectivity index (χ0v) is 14.5. The number of methoxy groups -OCH3 is 1. The molecule has 2 atom stereocenters. The number of hydrogen-bond donors (Lipinski definition) is 1. The van der Waals surface area contributed by atoms with E-state index in [1.807, 2.05) is 29.4 Å². The monoisotopic (exact) mass is 343 g/mol. The van der Waals surface area contributed by atoms with E-state index in [2.05, 4.69) is 10.1 Å². The van der Waals surface area contributed by atoms with Gasteiger partial charge in [-0.2, -0.15) is 5.10 Å². The van der Waals surface area contributed by atoms with Crippen molar-refractivity contribution in [1.29, 1.82) is 0 Å². The van der Waals surface area contributed by atoms with Crippen molar-refractivity contribution < 1.29 is 9.53 Å². The number of amides is 1. The first-order chi connectivity index (χ1) is 12.2. The highest BCUT2D eigenvalue weighted by atomic mass is 16.5. The molecule has 2 aromatic rings. The molecule has 1 amide bonds. The van der Waals surface area contributed by atoms with Gasteiger partial charge >= 0.3 is 0 Å². The van der Waals surface area contributed by atoms with Gasteiger partial charge in [0.1, 0.15) is 5.82 Å². The average Bonchev–Trinajstić information content (AvgIpc) is 3.22. The Kier molecular flexibility index (Phi) is 5.65. The minimum Gasteiger partial charge on any atom is -0.382 e. The molecule has 0 spiro atoms. The second-order valence-electron chi connectivity index (χ2n) is 6.47. The van der Waals surface area contributed by atoms with Gasteiger partial charge in [-0.1, -0.05) is 6.07 Å². The second-order valence-corrected chi connectivity index (χ2v) is 6.47. The Balaban J connectivity index is 1.56. The van der Waals surface area contributed by atoms with Crippen LogP contribution in [0.25, 0.3) is 0 Å². The summed E-state index contributed by atoms with van der Waals surface area (Å²) < 4.78 is 7.28. The van der Waals surface area contributed by atoms with E-state index in [1.54, 1.807) is 24.1 Å². The Morgan fingerprint density at radius 3 is 3.00 bits per heavy atom. The standard InChI is InChI=1S/C18H25N5O2/c1-25-16-10-15(12-22-9-7-17(19)21-22)23(13-16)18(24)6-2-4-14-5-3-8-20-11-14/h3,5,7-9,11,15-16H,2,4,6,10,12-13H2,1H3,(H2,19,21)/t15-,16+/m0/s1. The Hall–Kier alpha value is -2.41. The molecule has 0 aromatic carbocycles. The molecule has 0 bridgehead atoms. The predicted octanol–water partition coefficient (Wildman–Crippen LogP) is 1.50. The zero-order valence-electron chi connectivity index (χ0n) is 14.5. The maximum Gasteiger partial charge on any atom is 0.222 e. The van der Waals surface area contributed by atoms with Crippen molar-refractivity contribution in [3.8, 4) is 0 Å². The van der Waals surface area contributed by atoms with E-state index >= 15 is 0 Å². The van der Waals surface area contributed by atoms with Gasteiger partial charge in [0.15, 0.2) is 0 Å². The lowest BCUT2D eigenvalue weighted by molar-refractivity contribution is -0.132. The third-order valence-electron chi connectivity index (χ3n) is 4.67. The molecule has 1 saturated heterocycles. The molecule has 1 fully saturated rings. The first-order valence-corrected chi connectivity index (χ1v) is 8.66. The van der Waals surface area contributed by atoms with Gasteiger partial charge in [-0.25, -0.2) is 0 Å². The molecule has 1 aliphatic rings. The van der Waals surface area contributed by atoms with Crippen LogP contribution in [0.5, 0.6) is 0 Å². The maximum absolute atomic E-state index is 12.7. The third kappa shape index (κ3) is 4.57. The van der Waals surface area contributed by atoms with Gasteiger partial charge in [-0.05, 0) is 37.0 Å². The fourth-order valence-electron chi connectivity index (χ4n) is 3.35. The lowest BCUT2D eigenvalue weighted by Crippen LogP contribution is -2.38. The van der Waals surface area contributed by atoms with Gasteiger partial charge in [0.05, 0.1) is 18.7 Å². The van der Waals surface area contributed by atoms with E-state index in [-0.39, 0.29) is 18.1 Å². The second kappa shape index (κ2) is 8.11. The number of likely N-dealkylation sites (tertiary alicyclic amines) is 1. The molecular formula is C18H25N5O2. The molecule has 7 nitrogen and oxygen atoms in total. The highest BCUT2D eigenvalue weighted by molar-refractivity contribution is 5.77. The molecule has 0 aliphatic carbocycles. The van der Waals surface area contributed by atoms with E-state index in [4.69, 9.17) is 10.5 Å².